The predicted molar refractivity (Wildman–Crippen MR) is 74.4 cm³/mol. The summed E-state index contributed by atoms with van der Waals surface area (Å²) in [4.78, 5) is 12.0. The zero-order chi connectivity index (χ0) is 13.1. The Morgan fingerprint density at radius 2 is 1.72 bits per heavy atom. The summed E-state index contributed by atoms with van der Waals surface area (Å²) in [6.45, 7) is 1.87. The lowest BCUT2D eigenvalue weighted by atomic mass is 10.1. The molecule has 0 unspecified atom stereocenters. The van der Waals surface area contributed by atoms with Gasteiger partial charge in [0, 0.05) is 22.6 Å². The van der Waals surface area contributed by atoms with Gasteiger partial charge in [-0.1, -0.05) is 6.07 Å². The van der Waals surface area contributed by atoms with Crippen LogP contribution < -0.4 is 16.8 Å². The number of carbonyl (C=O) groups is 1. The molecule has 0 fully saturated rings. The molecule has 0 bridgehead atoms. The Morgan fingerprint density at radius 3 is 2.39 bits per heavy atom. The molecule has 0 aliphatic heterocycles. The first-order valence-electron chi connectivity index (χ1n) is 5.60. The zero-order valence-corrected chi connectivity index (χ0v) is 10.1. The molecule has 0 aliphatic rings. The highest BCUT2D eigenvalue weighted by atomic mass is 16.1. The van der Waals surface area contributed by atoms with E-state index in [1.165, 1.54) is 0 Å². The topological polar surface area (TPSA) is 81.1 Å². The van der Waals surface area contributed by atoms with E-state index in [0.717, 1.165) is 11.3 Å². The smallest absolute Gasteiger partial charge is 0.255 e. The summed E-state index contributed by atoms with van der Waals surface area (Å²) in [5.41, 5.74) is 14.8. The number of nitrogens with two attached hydrogens (primary N) is 2. The average molecular weight is 241 g/mol. The second-order valence-corrected chi connectivity index (χ2v) is 4.10. The standard InChI is InChI=1S/C14H15N3O/c1-9-12(16)3-2-4-13(9)17-14(18)10-5-7-11(15)8-6-10/h2-8H,15-16H2,1H3,(H,17,18). The second-order valence-electron chi connectivity index (χ2n) is 4.10. The number of rotatable bonds is 2. The summed E-state index contributed by atoms with van der Waals surface area (Å²) < 4.78 is 0. The van der Waals surface area contributed by atoms with E-state index < -0.39 is 0 Å². The molecule has 0 radical (unpaired) electrons. The summed E-state index contributed by atoms with van der Waals surface area (Å²) in [6.07, 6.45) is 0. The van der Waals surface area contributed by atoms with Crippen LogP contribution in [0.3, 0.4) is 0 Å². The third-order valence-electron chi connectivity index (χ3n) is 2.80. The summed E-state index contributed by atoms with van der Waals surface area (Å²) in [5, 5.41) is 2.83. The van der Waals surface area contributed by atoms with E-state index in [2.05, 4.69) is 5.32 Å². The maximum atomic E-state index is 12.0. The number of hydrogen-bond donors (Lipinski definition) is 3. The van der Waals surface area contributed by atoms with Gasteiger partial charge < -0.3 is 16.8 Å². The average Bonchev–Trinajstić information content (AvgIpc) is 2.36. The zero-order valence-electron chi connectivity index (χ0n) is 10.1. The molecular weight excluding hydrogens is 226 g/mol. The van der Waals surface area contributed by atoms with Crippen LogP contribution in [0.15, 0.2) is 42.5 Å². The van der Waals surface area contributed by atoms with Crippen molar-refractivity contribution in [2.75, 3.05) is 16.8 Å². The largest absolute Gasteiger partial charge is 0.399 e. The molecule has 4 nitrogen and oxygen atoms in total. The van der Waals surface area contributed by atoms with Crippen molar-refractivity contribution < 1.29 is 4.79 Å². The molecule has 0 heterocycles. The van der Waals surface area contributed by atoms with Gasteiger partial charge in [-0.3, -0.25) is 4.79 Å². The van der Waals surface area contributed by atoms with Gasteiger partial charge in [0.25, 0.3) is 5.91 Å². The third-order valence-corrected chi connectivity index (χ3v) is 2.80. The molecule has 0 saturated heterocycles. The fourth-order valence-corrected chi connectivity index (χ4v) is 1.62. The van der Waals surface area contributed by atoms with E-state index in [-0.39, 0.29) is 5.91 Å². The van der Waals surface area contributed by atoms with Gasteiger partial charge >= 0.3 is 0 Å². The fourth-order valence-electron chi connectivity index (χ4n) is 1.62. The minimum atomic E-state index is -0.177. The molecule has 1 amide bonds. The van der Waals surface area contributed by atoms with Crippen molar-refractivity contribution in [3.05, 3.63) is 53.6 Å². The van der Waals surface area contributed by atoms with Crippen LogP contribution in [0.5, 0.6) is 0 Å². The Kier molecular flexibility index (Phi) is 3.19. The molecule has 5 N–H and O–H groups in total. The lowest BCUT2D eigenvalue weighted by molar-refractivity contribution is 0.102. The number of nitrogen functional groups attached to an aromatic ring is 2. The normalized spacial score (nSPS) is 10.1. The number of nitrogens with one attached hydrogen (secondary N) is 1. The van der Waals surface area contributed by atoms with Crippen molar-refractivity contribution in [3.63, 3.8) is 0 Å². The monoisotopic (exact) mass is 241 g/mol. The minimum absolute atomic E-state index is 0.177. The second kappa shape index (κ2) is 4.79. The molecule has 0 spiro atoms. The van der Waals surface area contributed by atoms with Gasteiger partial charge in [0.1, 0.15) is 0 Å². The number of amides is 1. The molecule has 0 saturated carbocycles. The molecule has 2 rings (SSSR count). The number of hydrogen-bond acceptors (Lipinski definition) is 3. The highest BCUT2D eigenvalue weighted by Gasteiger charge is 2.08. The lowest BCUT2D eigenvalue weighted by Gasteiger charge is -2.10. The Bertz CT molecular complexity index is 576. The predicted octanol–water partition coefficient (Wildman–Crippen LogP) is 2.41. The van der Waals surface area contributed by atoms with Gasteiger partial charge in [0.05, 0.1) is 0 Å². The van der Waals surface area contributed by atoms with E-state index in [9.17, 15) is 4.79 Å². The molecule has 2 aromatic rings. The van der Waals surface area contributed by atoms with Crippen molar-refractivity contribution >= 4 is 23.0 Å². The molecule has 92 valence electrons. The first-order chi connectivity index (χ1) is 8.58. The number of carbonyl (C=O) groups excluding carboxylic acids is 1. The quantitative estimate of drug-likeness (QED) is 0.706. The summed E-state index contributed by atoms with van der Waals surface area (Å²) in [6, 6.07) is 12.2. The van der Waals surface area contributed by atoms with E-state index in [0.29, 0.717) is 16.9 Å². The van der Waals surface area contributed by atoms with Crippen LogP contribution in [-0.4, -0.2) is 5.91 Å². The van der Waals surface area contributed by atoms with Crippen molar-refractivity contribution in [2.45, 2.75) is 6.92 Å². The summed E-state index contributed by atoms with van der Waals surface area (Å²) >= 11 is 0. The number of benzene rings is 2. The molecule has 2 aromatic carbocycles. The van der Waals surface area contributed by atoms with Crippen LogP contribution in [0.1, 0.15) is 15.9 Å². The molecule has 18 heavy (non-hydrogen) atoms. The first kappa shape index (κ1) is 12.0. The van der Waals surface area contributed by atoms with Gasteiger partial charge in [-0.2, -0.15) is 0 Å². The SMILES string of the molecule is Cc1c(N)cccc1NC(=O)c1ccc(N)cc1. The van der Waals surface area contributed by atoms with Gasteiger partial charge in [0.15, 0.2) is 0 Å². The Balaban J connectivity index is 2.21. The van der Waals surface area contributed by atoms with Crippen LogP contribution in [0.4, 0.5) is 17.1 Å². The Hall–Kier alpha value is -2.49. The van der Waals surface area contributed by atoms with Crippen LogP contribution in [0.2, 0.25) is 0 Å². The molecule has 4 heteroatoms. The maximum absolute atomic E-state index is 12.0. The van der Waals surface area contributed by atoms with Crippen molar-refractivity contribution in [1.82, 2.24) is 0 Å². The van der Waals surface area contributed by atoms with Gasteiger partial charge in [-0.25, -0.2) is 0 Å². The van der Waals surface area contributed by atoms with Gasteiger partial charge in [0.2, 0.25) is 0 Å². The summed E-state index contributed by atoms with van der Waals surface area (Å²) in [7, 11) is 0. The van der Waals surface area contributed by atoms with Crippen LogP contribution in [0.25, 0.3) is 0 Å². The lowest BCUT2D eigenvalue weighted by Crippen LogP contribution is -2.13. The van der Waals surface area contributed by atoms with E-state index in [4.69, 9.17) is 11.5 Å². The van der Waals surface area contributed by atoms with Crippen molar-refractivity contribution in [2.24, 2.45) is 0 Å². The Labute approximate surface area is 106 Å². The maximum Gasteiger partial charge on any atom is 0.255 e. The van der Waals surface area contributed by atoms with E-state index in [1.807, 2.05) is 13.0 Å². The first-order valence-corrected chi connectivity index (χ1v) is 5.60. The molecule has 0 atom stereocenters. The van der Waals surface area contributed by atoms with Crippen LogP contribution in [-0.2, 0) is 0 Å². The van der Waals surface area contributed by atoms with Crippen molar-refractivity contribution in [1.29, 1.82) is 0 Å². The highest BCUT2D eigenvalue weighted by molar-refractivity contribution is 6.05. The van der Waals surface area contributed by atoms with Crippen LogP contribution >= 0.6 is 0 Å². The molecule has 0 aliphatic carbocycles. The third kappa shape index (κ3) is 2.43. The van der Waals surface area contributed by atoms with Gasteiger partial charge in [-0.05, 0) is 48.9 Å². The van der Waals surface area contributed by atoms with E-state index >= 15 is 0 Å². The van der Waals surface area contributed by atoms with E-state index in [1.54, 1.807) is 36.4 Å². The fraction of sp³-hybridized carbons (Fsp3) is 0.0714. The molecule has 0 aromatic heterocycles. The van der Waals surface area contributed by atoms with Crippen molar-refractivity contribution in [3.8, 4) is 0 Å². The minimum Gasteiger partial charge on any atom is -0.399 e. The molecular formula is C14H15N3O. The highest BCUT2D eigenvalue weighted by Crippen LogP contribution is 2.21. The number of anilines is 3. The van der Waals surface area contributed by atoms with Gasteiger partial charge in [-0.15, -0.1) is 0 Å². The van der Waals surface area contributed by atoms with Crippen LogP contribution in [0, 0.1) is 6.92 Å². The summed E-state index contributed by atoms with van der Waals surface area (Å²) in [5.74, 6) is -0.177. The Morgan fingerprint density at radius 1 is 1.06 bits per heavy atom.